The largest absolute Gasteiger partial charge is 0.339 e. The summed E-state index contributed by atoms with van der Waals surface area (Å²) in [5, 5.41) is 18.9. The molecule has 0 aliphatic heterocycles. The number of aliphatic hydroxyl groups excluding tert-OH is 1. The van der Waals surface area contributed by atoms with E-state index in [1.54, 1.807) is 0 Å². The van der Waals surface area contributed by atoms with Crippen molar-refractivity contribution in [3.8, 4) is 0 Å². The molecule has 0 unspecified atom stereocenters. The molecule has 0 radical (unpaired) electrons. The first-order valence-electron chi connectivity index (χ1n) is 3.18. The van der Waals surface area contributed by atoms with Crippen LogP contribution >= 0.6 is 0 Å². The molecule has 0 saturated heterocycles. The molecule has 0 saturated carbocycles. The minimum Gasteiger partial charge on any atom is -0.329 e. The average Bonchev–Trinajstić information content (AvgIpc) is 2.04. The van der Waals surface area contributed by atoms with Crippen LogP contribution in [0.15, 0.2) is 24.3 Å². The van der Waals surface area contributed by atoms with Crippen LogP contribution in [0.25, 0.3) is 0 Å². The molecule has 1 rings (SSSR count). The minimum absolute atomic E-state index is 0.0707. The molecule has 1 atom stereocenters. The van der Waals surface area contributed by atoms with Crippen molar-refractivity contribution >= 4 is 0 Å². The highest BCUT2D eigenvalue weighted by Crippen LogP contribution is 2.12. The average molecular weight is 171 g/mol. The third-order valence-corrected chi connectivity index (χ3v) is 1.37. The van der Waals surface area contributed by atoms with E-state index in [4.69, 9.17) is 5.11 Å². The Morgan fingerprint density at radius 1 is 1.42 bits per heavy atom. The quantitative estimate of drug-likeness (QED) is 0.411. The van der Waals surface area contributed by atoms with Gasteiger partial charge in [0, 0.05) is 0 Å². The van der Waals surface area contributed by atoms with E-state index in [1.807, 2.05) is 0 Å². The Bertz CT molecular complexity index is 285. The summed E-state index contributed by atoms with van der Waals surface area (Å²) in [7, 11) is 0. The maximum Gasteiger partial charge on any atom is 0.339 e. The molecular formula is C7H6FNO3. The molecule has 0 heterocycles. The van der Waals surface area contributed by atoms with E-state index in [2.05, 4.69) is 0 Å². The van der Waals surface area contributed by atoms with Crippen LogP contribution in [0.4, 0.5) is 4.39 Å². The first kappa shape index (κ1) is 8.61. The number of nitrogens with zero attached hydrogens (tertiary/aromatic N) is 1. The molecule has 1 aromatic carbocycles. The summed E-state index contributed by atoms with van der Waals surface area (Å²) in [5.41, 5.74) is 0.0707. The molecule has 1 N–H and O–H groups in total. The van der Waals surface area contributed by atoms with E-state index >= 15 is 0 Å². The van der Waals surface area contributed by atoms with Crippen molar-refractivity contribution in [3.05, 3.63) is 45.8 Å². The molecule has 4 nitrogen and oxygen atoms in total. The normalized spacial score (nSPS) is 12.5. The van der Waals surface area contributed by atoms with Crippen LogP contribution in [0.1, 0.15) is 11.8 Å². The van der Waals surface area contributed by atoms with Gasteiger partial charge in [0.1, 0.15) is 5.82 Å². The number of aliphatic hydroxyl groups is 1. The summed E-state index contributed by atoms with van der Waals surface area (Å²) in [6.45, 7) is 0. The highest BCUT2D eigenvalue weighted by atomic mass is 19.1. The number of hydrogen-bond donors (Lipinski definition) is 1. The second-order valence-electron chi connectivity index (χ2n) is 2.21. The summed E-state index contributed by atoms with van der Waals surface area (Å²) >= 11 is 0. The summed E-state index contributed by atoms with van der Waals surface area (Å²) in [5.74, 6) is -0.491. The van der Waals surface area contributed by atoms with Gasteiger partial charge in [0.05, 0.1) is 10.5 Å². The third kappa shape index (κ3) is 1.76. The van der Waals surface area contributed by atoms with E-state index in [1.165, 1.54) is 12.1 Å². The van der Waals surface area contributed by atoms with Gasteiger partial charge in [-0.15, -0.1) is 0 Å². The van der Waals surface area contributed by atoms with Crippen LogP contribution in [0.2, 0.25) is 0 Å². The Labute approximate surface area is 67.4 Å². The lowest BCUT2D eigenvalue weighted by atomic mass is 10.2. The number of hydrogen-bond acceptors (Lipinski definition) is 3. The molecule has 0 aromatic heterocycles. The molecule has 1 aromatic rings. The Kier molecular flexibility index (Phi) is 2.35. The summed E-state index contributed by atoms with van der Waals surface area (Å²) < 4.78 is 12.3. The van der Waals surface area contributed by atoms with Gasteiger partial charge in [0.25, 0.3) is 0 Å². The fraction of sp³-hybridized carbons (Fsp3) is 0.143. The first-order chi connectivity index (χ1) is 5.61. The van der Waals surface area contributed by atoms with Crippen LogP contribution < -0.4 is 0 Å². The Hall–Kier alpha value is -1.49. The lowest BCUT2D eigenvalue weighted by Crippen LogP contribution is -2.08. The van der Waals surface area contributed by atoms with Crippen LogP contribution in [-0.2, 0) is 0 Å². The maximum absolute atomic E-state index is 12.3. The lowest BCUT2D eigenvalue weighted by Gasteiger charge is -2.01. The lowest BCUT2D eigenvalue weighted by molar-refractivity contribution is -0.578. The van der Waals surface area contributed by atoms with Crippen LogP contribution in [0.5, 0.6) is 0 Å². The predicted octanol–water partition coefficient (Wildman–Crippen LogP) is 1.09. The molecule has 64 valence electrons. The number of nitro groups is 1. The van der Waals surface area contributed by atoms with Crippen LogP contribution in [0.3, 0.4) is 0 Å². The molecule has 0 bridgehead atoms. The first-order valence-corrected chi connectivity index (χ1v) is 3.18. The van der Waals surface area contributed by atoms with E-state index in [0.29, 0.717) is 0 Å². The summed E-state index contributed by atoms with van der Waals surface area (Å²) in [4.78, 5) is 9.19. The highest BCUT2D eigenvalue weighted by Gasteiger charge is 2.17. The molecule has 5 heteroatoms. The van der Waals surface area contributed by atoms with Crippen molar-refractivity contribution in [3.63, 3.8) is 0 Å². The number of halogens is 1. The van der Waals surface area contributed by atoms with Gasteiger partial charge < -0.3 is 5.11 Å². The SMILES string of the molecule is O=[N+]([O-])[C@H](O)c1ccc(F)cc1. The van der Waals surface area contributed by atoms with Crippen molar-refractivity contribution in [2.45, 2.75) is 6.23 Å². The molecule has 12 heavy (non-hydrogen) atoms. The third-order valence-electron chi connectivity index (χ3n) is 1.37. The zero-order valence-electron chi connectivity index (χ0n) is 5.98. The van der Waals surface area contributed by atoms with E-state index in [9.17, 15) is 14.5 Å². The molecule has 0 aliphatic rings. The second-order valence-corrected chi connectivity index (χ2v) is 2.21. The van der Waals surface area contributed by atoms with Crippen LogP contribution in [0, 0.1) is 15.9 Å². The van der Waals surface area contributed by atoms with Crippen molar-refractivity contribution in [1.82, 2.24) is 0 Å². The van der Waals surface area contributed by atoms with Gasteiger partial charge in [-0.2, -0.15) is 0 Å². The zero-order valence-corrected chi connectivity index (χ0v) is 5.98. The Morgan fingerprint density at radius 3 is 2.33 bits per heavy atom. The van der Waals surface area contributed by atoms with Gasteiger partial charge in [0.2, 0.25) is 0 Å². The number of rotatable bonds is 2. The standard InChI is InChI=1S/C7H6FNO3/c8-6-3-1-5(2-4-6)7(10)9(11)12/h1-4,7,10H/t7-/m1/s1. The van der Waals surface area contributed by atoms with Crippen molar-refractivity contribution in [2.75, 3.05) is 0 Å². The minimum atomic E-state index is -1.77. The van der Waals surface area contributed by atoms with E-state index < -0.39 is 17.0 Å². The van der Waals surface area contributed by atoms with Crippen molar-refractivity contribution in [2.24, 2.45) is 0 Å². The molecule has 0 aliphatic carbocycles. The van der Waals surface area contributed by atoms with E-state index in [-0.39, 0.29) is 5.56 Å². The fourth-order valence-electron chi connectivity index (χ4n) is 0.757. The Balaban J connectivity index is 2.89. The summed E-state index contributed by atoms with van der Waals surface area (Å²) in [6.07, 6.45) is -1.77. The predicted molar refractivity (Wildman–Crippen MR) is 38.4 cm³/mol. The molecule has 0 spiro atoms. The molecular weight excluding hydrogens is 165 g/mol. The monoisotopic (exact) mass is 171 g/mol. The zero-order chi connectivity index (χ0) is 9.14. The van der Waals surface area contributed by atoms with Gasteiger partial charge in [0.15, 0.2) is 0 Å². The van der Waals surface area contributed by atoms with Gasteiger partial charge in [-0.3, -0.25) is 10.1 Å². The summed E-state index contributed by atoms with van der Waals surface area (Å²) in [6, 6.07) is 4.45. The Morgan fingerprint density at radius 2 is 1.92 bits per heavy atom. The number of benzene rings is 1. The van der Waals surface area contributed by atoms with Crippen molar-refractivity contribution in [1.29, 1.82) is 0 Å². The molecule has 0 fully saturated rings. The van der Waals surface area contributed by atoms with E-state index in [0.717, 1.165) is 12.1 Å². The topological polar surface area (TPSA) is 63.4 Å². The smallest absolute Gasteiger partial charge is 0.329 e. The second kappa shape index (κ2) is 3.27. The fourth-order valence-corrected chi connectivity index (χ4v) is 0.757. The maximum atomic E-state index is 12.3. The van der Waals surface area contributed by atoms with Gasteiger partial charge >= 0.3 is 6.23 Å². The van der Waals surface area contributed by atoms with Gasteiger partial charge in [-0.1, -0.05) is 0 Å². The highest BCUT2D eigenvalue weighted by molar-refractivity contribution is 5.16. The van der Waals surface area contributed by atoms with Gasteiger partial charge in [-0.05, 0) is 24.3 Å². The molecule has 0 amide bonds. The van der Waals surface area contributed by atoms with Crippen molar-refractivity contribution < 1.29 is 14.4 Å². The van der Waals surface area contributed by atoms with Crippen LogP contribution in [-0.4, -0.2) is 10.0 Å². The van der Waals surface area contributed by atoms with Gasteiger partial charge in [-0.25, -0.2) is 4.39 Å².